The van der Waals surface area contributed by atoms with E-state index in [1.807, 2.05) is 0 Å². The lowest BCUT2D eigenvalue weighted by Crippen LogP contribution is -2.43. The van der Waals surface area contributed by atoms with E-state index >= 15 is 0 Å². The first kappa shape index (κ1) is 15.5. The number of carbonyl (C=O) groups is 4. The van der Waals surface area contributed by atoms with Crippen molar-refractivity contribution in [3.63, 3.8) is 0 Å². The highest BCUT2D eigenvalue weighted by atomic mass is 16.4. The molecule has 8 nitrogen and oxygen atoms in total. The van der Waals surface area contributed by atoms with Crippen LogP contribution in [-0.4, -0.2) is 52.0 Å². The first-order chi connectivity index (χ1) is 11.4. The van der Waals surface area contributed by atoms with Gasteiger partial charge < -0.3 is 15.5 Å². The molecule has 0 atom stereocenters. The maximum atomic E-state index is 12.5. The Balaban J connectivity index is 2.16. The molecule has 0 radical (unpaired) electrons. The van der Waals surface area contributed by atoms with Crippen molar-refractivity contribution in [2.75, 3.05) is 18.4 Å². The van der Waals surface area contributed by atoms with Crippen molar-refractivity contribution >= 4 is 40.2 Å². The lowest BCUT2D eigenvalue weighted by molar-refractivity contribution is -0.137. The van der Waals surface area contributed by atoms with E-state index in [9.17, 15) is 19.2 Å². The van der Waals surface area contributed by atoms with E-state index in [4.69, 9.17) is 10.2 Å². The molecule has 2 aromatic carbocycles. The van der Waals surface area contributed by atoms with E-state index < -0.39 is 30.3 Å². The molecule has 2 amide bonds. The van der Waals surface area contributed by atoms with Gasteiger partial charge in [0.25, 0.3) is 11.8 Å². The Morgan fingerprint density at radius 1 is 0.958 bits per heavy atom. The normalized spacial score (nSPS) is 13.2. The molecule has 0 fully saturated rings. The first-order valence-corrected chi connectivity index (χ1v) is 6.99. The molecule has 3 N–H and O–H groups in total. The van der Waals surface area contributed by atoms with Crippen LogP contribution < -0.4 is 5.32 Å². The summed E-state index contributed by atoms with van der Waals surface area (Å²) in [5, 5.41) is 21.3. The highest BCUT2D eigenvalue weighted by Gasteiger charge is 2.34. The van der Waals surface area contributed by atoms with Crippen molar-refractivity contribution in [2.24, 2.45) is 0 Å². The van der Waals surface area contributed by atoms with Gasteiger partial charge in [-0.1, -0.05) is 12.1 Å². The van der Waals surface area contributed by atoms with Gasteiger partial charge in [-0.2, -0.15) is 0 Å². The summed E-state index contributed by atoms with van der Waals surface area (Å²) in [6.07, 6.45) is 0. The number of hydrogen-bond donors (Lipinski definition) is 3. The maximum absolute atomic E-state index is 12.5. The maximum Gasteiger partial charge on any atom is 0.323 e. The molecule has 24 heavy (non-hydrogen) atoms. The van der Waals surface area contributed by atoms with Crippen molar-refractivity contribution in [2.45, 2.75) is 0 Å². The van der Waals surface area contributed by atoms with Crippen LogP contribution in [-0.2, 0) is 9.59 Å². The van der Waals surface area contributed by atoms with Crippen molar-refractivity contribution in [1.29, 1.82) is 0 Å². The van der Waals surface area contributed by atoms with E-state index in [-0.39, 0.29) is 17.7 Å². The van der Waals surface area contributed by atoms with Gasteiger partial charge >= 0.3 is 11.9 Å². The highest BCUT2D eigenvalue weighted by Crippen LogP contribution is 2.34. The predicted octanol–water partition coefficient (Wildman–Crippen LogP) is 1.02. The largest absolute Gasteiger partial charge is 0.480 e. The van der Waals surface area contributed by atoms with Gasteiger partial charge in [-0.15, -0.1) is 0 Å². The van der Waals surface area contributed by atoms with Gasteiger partial charge in [0.05, 0.1) is 0 Å². The summed E-state index contributed by atoms with van der Waals surface area (Å²) in [5.74, 6) is -3.70. The van der Waals surface area contributed by atoms with Crippen LogP contribution in [0.15, 0.2) is 30.3 Å². The van der Waals surface area contributed by atoms with Gasteiger partial charge in [-0.3, -0.25) is 24.1 Å². The molecule has 8 heteroatoms. The number of aliphatic carboxylic acids is 2. The second-order valence-corrected chi connectivity index (χ2v) is 5.23. The number of hydrogen-bond acceptors (Lipinski definition) is 5. The Morgan fingerprint density at radius 3 is 2.25 bits per heavy atom. The summed E-state index contributed by atoms with van der Waals surface area (Å²) in [6, 6.07) is 7.77. The van der Waals surface area contributed by atoms with Gasteiger partial charge in [0.1, 0.15) is 13.1 Å². The van der Waals surface area contributed by atoms with Gasteiger partial charge in [0.15, 0.2) is 0 Å². The number of nitrogens with zero attached hydrogens (tertiary/aromatic N) is 1. The second-order valence-electron chi connectivity index (χ2n) is 5.23. The molecule has 2 aromatic rings. The highest BCUT2D eigenvalue weighted by molar-refractivity contribution is 6.27. The molecule has 122 valence electrons. The molecule has 0 unspecified atom stereocenters. The van der Waals surface area contributed by atoms with E-state index in [1.54, 1.807) is 12.1 Å². The van der Waals surface area contributed by atoms with Crippen LogP contribution in [0, 0.1) is 0 Å². The standard InChI is InChI=1S/C16H12N2O6/c19-12(20)6-17-11-5-4-10-14-8(11)2-1-3-9(14)15(23)18(16(10)24)7-13(21)22/h1-5,17H,6-7H2,(H,19,20)(H,21,22). The molecule has 0 saturated heterocycles. The van der Waals surface area contributed by atoms with Gasteiger partial charge in [-0.25, -0.2) is 0 Å². The molecule has 3 rings (SSSR count). The van der Waals surface area contributed by atoms with Crippen molar-refractivity contribution in [3.05, 3.63) is 41.5 Å². The lowest BCUT2D eigenvalue weighted by Gasteiger charge is -2.26. The van der Waals surface area contributed by atoms with Crippen molar-refractivity contribution in [1.82, 2.24) is 4.90 Å². The van der Waals surface area contributed by atoms with E-state index in [0.717, 1.165) is 0 Å². The monoisotopic (exact) mass is 328 g/mol. The average molecular weight is 328 g/mol. The average Bonchev–Trinajstić information content (AvgIpc) is 2.54. The third kappa shape index (κ3) is 2.43. The summed E-state index contributed by atoms with van der Waals surface area (Å²) in [7, 11) is 0. The summed E-state index contributed by atoms with van der Waals surface area (Å²) in [6.45, 7) is -1.03. The van der Waals surface area contributed by atoms with Gasteiger partial charge in [0.2, 0.25) is 0 Å². The Hall–Kier alpha value is -3.42. The predicted molar refractivity (Wildman–Crippen MR) is 83.1 cm³/mol. The third-order valence-corrected chi connectivity index (χ3v) is 3.72. The minimum Gasteiger partial charge on any atom is -0.480 e. The van der Waals surface area contributed by atoms with E-state index in [1.165, 1.54) is 18.2 Å². The number of anilines is 1. The molecule has 1 aliphatic heterocycles. The molecule has 0 aliphatic carbocycles. The Kier molecular flexibility index (Phi) is 3.64. The Morgan fingerprint density at radius 2 is 1.62 bits per heavy atom. The van der Waals surface area contributed by atoms with Crippen LogP contribution in [0.4, 0.5) is 5.69 Å². The summed E-state index contributed by atoms with van der Waals surface area (Å²) in [5.41, 5.74) is 0.898. The number of benzene rings is 2. The van der Waals surface area contributed by atoms with Crippen LogP contribution >= 0.6 is 0 Å². The number of imide groups is 1. The number of carbonyl (C=O) groups excluding carboxylic acids is 2. The second kappa shape index (κ2) is 5.65. The van der Waals surface area contributed by atoms with Crippen LogP contribution in [0.2, 0.25) is 0 Å². The molecular weight excluding hydrogens is 316 g/mol. The number of rotatable bonds is 5. The van der Waals surface area contributed by atoms with Crippen LogP contribution in [0.25, 0.3) is 10.8 Å². The fourth-order valence-electron chi connectivity index (χ4n) is 2.75. The zero-order valence-corrected chi connectivity index (χ0v) is 12.3. The van der Waals surface area contributed by atoms with Gasteiger partial charge in [0, 0.05) is 27.6 Å². The number of nitrogens with one attached hydrogen (secondary N) is 1. The summed E-state index contributed by atoms with van der Waals surface area (Å²) < 4.78 is 0. The molecule has 0 bridgehead atoms. The number of carboxylic acids is 2. The molecule has 0 saturated carbocycles. The van der Waals surface area contributed by atoms with Crippen LogP contribution in [0.5, 0.6) is 0 Å². The van der Waals surface area contributed by atoms with Crippen molar-refractivity contribution in [3.8, 4) is 0 Å². The first-order valence-electron chi connectivity index (χ1n) is 6.99. The van der Waals surface area contributed by atoms with Crippen LogP contribution in [0.1, 0.15) is 20.7 Å². The van der Waals surface area contributed by atoms with Crippen LogP contribution in [0.3, 0.4) is 0 Å². The fourth-order valence-corrected chi connectivity index (χ4v) is 2.75. The smallest absolute Gasteiger partial charge is 0.323 e. The fraction of sp³-hybridized carbons (Fsp3) is 0.125. The minimum absolute atomic E-state index is 0.210. The summed E-state index contributed by atoms with van der Waals surface area (Å²) >= 11 is 0. The molecule has 1 heterocycles. The Bertz CT molecular complexity index is 883. The molecule has 1 aliphatic rings. The minimum atomic E-state index is -1.29. The van der Waals surface area contributed by atoms with Crippen molar-refractivity contribution < 1.29 is 29.4 Å². The van der Waals surface area contributed by atoms with E-state index in [0.29, 0.717) is 21.4 Å². The molecule has 0 spiro atoms. The lowest BCUT2D eigenvalue weighted by atomic mass is 9.93. The van der Waals surface area contributed by atoms with E-state index in [2.05, 4.69) is 5.32 Å². The topological polar surface area (TPSA) is 124 Å². The molecular formula is C16H12N2O6. The number of carboxylic acid groups (broad SMARTS) is 2. The zero-order valence-electron chi connectivity index (χ0n) is 12.3. The SMILES string of the molecule is O=C(O)CNc1ccc2c3c(cccc13)C(=O)N(CC(=O)O)C2=O. The quantitative estimate of drug-likeness (QED) is 0.700. The summed E-state index contributed by atoms with van der Waals surface area (Å²) in [4.78, 5) is 47.2. The Labute approximate surface area is 135 Å². The third-order valence-electron chi connectivity index (χ3n) is 3.72. The van der Waals surface area contributed by atoms with Gasteiger partial charge in [-0.05, 0) is 18.2 Å². The number of amides is 2. The zero-order chi connectivity index (χ0) is 17.4. The molecule has 0 aromatic heterocycles.